The van der Waals surface area contributed by atoms with E-state index in [0.29, 0.717) is 28.6 Å². The van der Waals surface area contributed by atoms with E-state index >= 15 is 0 Å². The van der Waals surface area contributed by atoms with Gasteiger partial charge in [0, 0.05) is 29.2 Å². The van der Waals surface area contributed by atoms with Crippen molar-refractivity contribution in [2.45, 2.75) is 6.92 Å². The highest BCUT2D eigenvalue weighted by molar-refractivity contribution is 7.13. The molecule has 162 valence electrons. The number of carbonyl (C=O) groups excluding carboxylic acids is 2. The van der Waals surface area contributed by atoms with E-state index in [9.17, 15) is 9.59 Å². The van der Waals surface area contributed by atoms with E-state index in [1.807, 2.05) is 37.3 Å². The molecule has 0 aliphatic rings. The molecule has 0 unspecified atom stereocenters. The molecule has 0 atom stereocenters. The molecule has 12 heteroatoms. The quantitative estimate of drug-likeness (QED) is 0.198. The van der Waals surface area contributed by atoms with Crippen molar-refractivity contribution in [2.75, 3.05) is 11.9 Å². The lowest BCUT2D eigenvalue weighted by molar-refractivity contribution is 0.0949. The van der Waals surface area contributed by atoms with Crippen LogP contribution in [0.3, 0.4) is 0 Å². The first-order chi connectivity index (χ1) is 15.6. The molecule has 0 fully saturated rings. The maximum atomic E-state index is 11.9. The van der Waals surface area contributed by atoms with Gasteiger partial charge in [0.25, 0.3) is 5.91 Å². The lowest BCUT2D eigenvalue weighted by Crippen LogP contribution is -2.30. The predicted octanol–water partition coefficient (Wildman–Crippen LogP) is 2.67. The Kier molecular flexibility index (Phi) is 6.14. The van der Waals surface area contributed by atoms with E-state index in [0.717, 1.165) is 5.56 Å². The summed E-state index contributed by atoms with van der Waals surface area (Å²) in [6.45, 7) is 2.27. The summed E-state index contributed by atoms with van der Waals surface area (Å²) in [5.41, 5.74) is 4.03. The molecule has 3 heterocycles. The minimum atomic E-state index is -0.513. The van der Waals surface area contributed by atoms with Gasteiger partial charge in [-0.05, 0) is 25.1 Å². The van der Waals surface area contributed by atoms with Crippen LogP contribution < -0.4 is 21.9 Å². The normalized spacial score (nSPS) is 10.6. The summed E-state index contributed by atoms with van der Waals surface area (Å²) in [5.74, 6) is 5.51. The third kappa shape index (κ3) is 4.45. The average molecular weight is 450 g/mol. The Morgan fingerprint density at radius 1 is 1.12 bits per heavy atom. The van der Waals surface area contributed by atoms with Crippen LogP contribution in [0.15, 0.2) is 52.4 Å². The molecule has 11 nitrogen and oxygen atoms in total. The van der Waals surface area contributed by atoms with Gasteiger partial charge in [0.2, 0.25) is 11.8 Å². The van der Waals surface area contributed by atoms with Gasteiger partial charge in [-0.15, -0.1) is 21.5 Å². The lowest BCUT2D eigenvalue weighted by Gasteiger charge is -2.08. The monoisotopic (exact) mass is 450 g/mol. The van der Waals surface area contributed by atoms with Gasteiger partial charge in [0.15, 0.2) is 0 Å². The maximum absolute atomic E-state index is 11.9. The van der Waals surface area contributed by atoms with Crippen molar-refractivity contribution in [3.63, 3.8) is 0 Å². The molecule has 0 saturated carbocycles. The lowest BCUT2D eigenvalue weighted by atomic mass is 10.1. The Bertz CT molecular complexity index is 1250. The zero-order valence-corrected chi connectivity index (χ0v) is 17.6. The Balaban J connectivity index is 1.77. The number of aromatic nitrogens is 4. The summed E-state index contributed by atoms with van der Waals surface area (Å²) in [7, 11) is 0. The number of anilines is 1. The first kappa shape index (κ1) is 21.1. The number of urea groups is 1. The number of pyridine rings is 1. The van der Waals surface area contributed by atoms with Gasteiger partial charge in [0.1, 0.15) is 16.5 Å². The number of nitrogens with one attached hydrogen (secondary N) is 3. The Labute approximate surface area is 186 Å². The largest absolute Gasteiger partial charge is 0.416 e. The van der Waals surface area contributed by atoms with Gasteiger partial charge in [-0.2, -0.15) is 0 Å². The fourth-order valence-corrected chi connectivity index (χ4v) is 3.62. The van der Waals surface area contributed by atoms with Crippen LogP contribution in [0.25, 0.3) is 33.5 Å². The van der Waals surface area contributed by atoms with Crippen molar-refractivity contribution in [1.82, 2.24) is 30.9 Å². The molecule has 3 aromatic heterocycles. The molecule has 32 heavy (non-hydrogen) atoms. The van der Waals surface area contributed by atoms with Gasteiger partial charge in [0.05, 0.1) is 5.56 Å². The molecule has 3 amide bonds. The topological polar surface area (TPSA) is 161 Å². The van der Waals surface area contributed by atoms with E-state index < -0.39 is 11.9 Å². The fourth-order valence-electron chi connectivity index (χ4n) is 2.80. The zero-order chi connectivity index (χ0) is 22.5. The minimum absolute atomic E-state index is 0.165. The average Bonchev–Trinajstić information content (AvgIpc) is 3.50. The van der Waals surface area contributed by atoms with Gasteiger partial charge in [-0.3, -0.25) is 15.5 Å². The molecule has 4 aromatic rings. The molecular formula is C20H18N8O3S. The van der Waals surface area contributed by atoms with Gasteiger partial charge < -0.3 is 9.73 Å². The van der Waals surface area contributed by atoms with Crippen LogP contribution in [-0.4, -0.2) is 38.6 Å². The standard InChI is InChI=1S/C20H18N8O3S/c1-2-22-20(30)25-15-8-12(18-28-27-17(31-18)11-6-4-3-5-7-11)13(9-23-15)19-24-14(10-32-19)16(29)26-21/h3-10H,2,21H2,1H3,(H,26,29)(H2,22,23,25,30). The summed E-state index contributed by atoms with van der Waals surface area (Å²) in [6.07, 6.45) is 1.52. The van der Waals surface area contributed by atoms with E-state index in [4.69, 9.17) is 10.3 Å². The van der Waals surface area contributed by atoms with Crippen molar-refractivity contribution in [1.29, 1.82) is 0 Å². The number of nitrogens with two attached hydrogens (primary N) is 1. The van der Waals surface area contributed by atoms with Crippen molar-refractivity contribution < 1.29 is 14.0 Å². The SMILES string of the molecule is CCNC(=O)Nc1cc(-c2nnc(-c3ccccc3)o2)c(-c2nc(C(=O)NN)cs2)cn1. The molecule has 4 rings (SSSR count). The number of hydrogen-bond donors (Lipinski definition) is 4. The number of hydrazine groups is 1. The highest BCUT2D eigenvalue weighted by Crippen LogP contribution is 2.35. The molecule has 0 saturated heterocycles. The van der Waals surface area contributed by atoms with Crippen LogP contribution in [0, 0.1) is 0 Å². The molecule has 0 aliphatic carbocycles. The molecule has 5 N–H and O–H groups in total. The summed E-state index contributed by atoms with van der Waals surface area (Å²) in [4.78, 5) is 32.3. The van der Waals surface area contributed by atoms with Crippen LogP contribution in [0.5, 0.6) is 0 Å². The third-order valence-corrected chi connectivity index (χ3v) is 5.13. The summed E-state index contributed by atoms with van der Waals surface area (Å²) in [6, 6.07) is 10.5. The second kappa shape index (κ2) is 9.32. The first-order valence-electron chi connectivity index (χ1n) is 9.50. The van der Waals surface area contributed by atoms with Gasteiger partial charge >= 0.3 is 6.03 Å². The second-order valence-electron chi connectivity index (χ2n) is 6.39. The van der Waals surface area contributed by atoms with E-state index in [1.54, 1.807) is 11.4 Å². The van der Waals surface area contributed by atoms with Crippen LogP contribution in [-0.2, 0) is 0 Å². The summed E-state index contributed by atoms with van der Waals surface area (Å²) < 4.78 is 5.90. The Hall–Kier alpha value is -4.16. The second-order valence-corrected chi connectivity index (χ2v) is 7.25. The van der Waals surface area contributed by atoms with Crippen molar-refractivity contribution in [2.24, 2.45) is 5.84 Å². The Morgan fingerprint density at radius 3 is 2.66 bits per heavy atom. The molecule has 1 aromatic carbocycles. The Morgan fingerprint density at radius 2 is 1.91 bits per heavy atom. The highest BCUT2D eigenvalue weighted by atomic mass is 32.1. The molecule has 0 bridgehead atoms. The summed E-state index contributed by atoms with van der Waals surface area (Å²) >= 11 is 1.23. The zero-order valence-electron chi connectivity index (χ0n) is 16.8. The van der Waals surface area contributed by atoms with E-state index in [-0.39, 0.29) is 17.4 Å². The number of carbonyl (C=O) groups is 2. The molecule has 0 radical (unpaired) electrons. The van der Waals surface area contributed by atoms with Crippen LogP contribution in [0.4, 0.5) is 10.6 Å². The number of rotatable bonds is 6. The number of benzene rings is 1. The fraction of sp³-hybridized carbons (Fsp3) is 0.100. The van der Waals surface area contributed by atoms with Crippen molar-refractivity contribution >= 4 is 29.1 Å². The van der Waals surface area contributed by atoms with Crippen molar-refractivity contribution in [3.8, 4) is 33.5 Å². The predicted molar refractivity (Wildman–Crippen MR) is 118 cm³/mol. The maximum Gasteiger partial charge on any atom is 0.320 e. The molecular weight excluding hydrogens is 432 g/mol. The van der Waals surface area contributed by atoms with Crippen molar-refractivity contribution in [3.05, 3.63) is 53.7 Å². The van der Waals surface area contributed by atoms with Crippen LogP contribution in [0.1, 0.15) is 17.4 Å². The minimum Gasteiger partial charge on any atom is -0.416 e. The van der Waals surface area contributed by atoms with Gasteiger partial charge in [-0.1, -0.05) is 18.2 Å². The first-order valence-corrected chi connectivity index (χ1v) is 10.4. The number of hydrogen-bond acceptors (Lipinski definition) is 9. The summed E-state index contributed by atoms with van der Waals surface area (Å²) in [5, 5.41) is 15.7. The third-order valence-electron chi connectivity index (χ3n) is 4.26. The van der Waals surface area contributed by atoms with Gasteiger partial charge in [-0.25, -0.2) is 20.6 Å². The van der Waals surface area contributed by atoms with E-state index in [1.165, 1.54) is 17.5 Å². The number of nitrogen functional groups attached to an aromatic ring is 1. The number of thiazole rings is 1. The van der Waals surface area contributed by atoms with Crippen LogP contribution in [0.2, 0.25) is 0 Å². The molecule has 0 aliphatic heterocycles. The number of amides is 3. The smallest absolute Gasteiger partial charge is 0.320 e. The number of nitrogens with zero attached hydrogens (tertiary/aromatic N) is 4. The van der Waals surface area contributed by atoms with E-state index in [2.05, 4.69) is 36.2 Å². The highest BCUT2D eigenvalue weighted by Gasteiger charge is 2.20. The van der Waals surface area contributed by atoms with Crippen LogP contribution >= 0.6 is 11.3 Å². The molecule has 0 spiro atoms.